The van der Waals surface area contributed by atoms with Crippen molar-refractivity contribution in [3.8, 4) is 5.75 Å². The fourth-order valence-corrected chi connectivity index (χ4v) is 4.05. The van der Waals surface area contributed by atoms with Crippen molar-refractivity contribution in [1.29, 1.82) is 0 Å². The Morgan fingerprint density at radius 3 is 2.86 bits per heavy atom. The molecule has 1 saturated carbocycles. The summed E-state index contributed by atoms with van der Waals surface area (Å²) in [6.07, 6.45) is 9.97. The summed E-state index contributed by atoms with van der Waals surface area (Å²) < 4.78 is 5.58. The number of ether oxygens (including phenoxy) is 1. The molecule has 1 fully saturated rings. The van der Waals surface area contributed by atoms with Gasteiger partial charge in [-0.25, -0.2) is 0 Å². The van der Waals surface area contributed by atoms with Crippen LogP contribution in [0.4, 0.5) is 0 Å². The van der Waals surface area contributed by atoms with Crippen LogP contribution >= 0.6 is 0 Å². The van der Waals surface area contributed by atoms with Crippen LogP contribution < -0.4 is 16.0 Å². The molecule has 21 heavy (non-hydrogen) atoms. The Bertz CT molecular complexity index is 480. The van der Waals surface area contributed by atoms with Gasteiger partial charge in [-0.15, -0.1) is 0 Å². The molecule has 1 aromatic carbocycles. The number of fused-ring (bicyclic) bond motifs is 1. The van der Waals surface area contributed by atoms with Crippen LogP contribution in [-0.2, 0) is 12.8 Å². The SMILES string of the molecule is CC1(C(CCc2ccc3c(c2)CCO3)NN)CCCCC1. The van der Waals surface area contributed by atoms with E-state index in [4.69, 9.17) is 10.6 Å². The maximum absolute atomic E-state index is 5.87. The van der Waals surface area contributed by atoms with Gasteiger partial charge in [-0.05, 0) is 48.3 Å². The lowest BCUT2D eigenvalue weighted by Gasteiger charge is -2.40. The second kappa shape index (κ2) is 6.37. The Balaban J connectivity index is 1.62. The lowest BCUT2D eigenvalue weighted by atomic mass is 9.69. The minimum Gasteiger partial charge on any atom is -0.493 e. The summed E-state index contributed by atoms with van der Waals surface area (Å²) in [5.41, 5.74) is 6.26. The minimum atomic E-state index is 0.368. The molecule has 3 nitrogen and oxygen atoms in total. The van der Waals surface area contributed by atoms with Gasteiger partial charge in [0.15, 0.2) is 0 Å². The van der Waals surface area contributed by atoms with E-state index in [0.29, 0.717) is 11.5 Å². The maximum Gasteiger partial charge on any atom is 0.122 e. The minimum absolute atomic E-state index is 0.368. The van der Waals surface area contributed by atoms with Crippen LogP contribution in [0.15, 0.2) is 18.2 Å². The first kappa shape index (κ1) is 14.9. The third kappa shape index (κ3) is 3.24. The molecule has 0 spiro atoms. The summed E-state index contributed by atoms with van der Waals surface area (Å²) in [6.45, 7) is 3.25. The summed E-state index contributed by atoms with van der Waals surface area (Å²) in [5.74, 6) is 6.95. The van der Waals surface area contributed by atoms with Gasteiger partial charge in [0.25, 0.3) is 0 Å². The average Bonchev–Trinajstić information content (AvgIpc) is 2.96. The van der Waals surface area contributed by atoms with Crippen molar-refractivity contribution in [2.45, 2.75) is 64.3 Å². The van der Waals surface area contributed by atoms with Crippen LogP contribution in [0.5, 0.6) is 5.75 Å². The number of hydrazine groups is 1. The van der Waals surface area contributed by atoms with E-state index in [2.05, 4.69) is 30.5 Å². The Morgan fingerprint density at radius 1 is 1.29 bits per heavy atom. The van der Waals surface area contributed by atoms with Crippen LogP contribution in [-0.4, -0.2) is 12.6 Å². The molecule has 0 amide bonds. The molecule has 3 rings (SSSR count). The highest BCUT2D eigenvalue weighted by Crippen LogP contribution is 2.40. The van der Waals surface area contributed by atoms with E-state index in [1.54, 1.807) is 0 Å². The van der Waals surface area contributed by atoms with Crippen molar-refractivity contribution >= 4 is 0 Å². The van der Waals surface area contributed by atoms with Gasteiger partial charge >= 0.3 is 0 Å². The lowest BCUT2D eigenvalue weighted by Crippen LogP contribution is -2.48. The van der Waals surface area contributed by atoms with Crippen molar-refractivity contribution < 1.29 is 4.74 Å². The highest BCUT2D eigenvalue weighted by molar-refractivity contribution is 5.39. The van der Waals surface area contributed by atoms with E-state index in [0.717, 1.165) is 31.6 Å². The first-order chi connectivity index (χ1) is 10.2. The Morgan fingerprint density at radius 2 is 2.10 bits per heavy atom. The fraction of sp³-hybridized carbons (Fsp3) is 0.667. The van der Waals surface area contributed by atoms with E-state index in [9.17, 15) is 0 Å². The molecule has 1 aromatic rings. The van der Waals surface area contributed by atoms with Crippen LogP contribution in [0.2, 0.25) is 0 Å². The molecule has 1 aliphatic carbocycles. The molecule has 0 aromatic heterocycles. The van der Waals surface area contributed by atoms with Crippen molar-refractivity contribution in [2.24, 2.45) is 11.3 Å². The molecule has 0 saturated heterocycles. The zero-order valence-corrected chi connectivity index (χ0v) is 13.2. The lowest BCUT2D eigenvalue weighted by molar-refractivity contribution is 0.138. The summed E-state index contributed by atoms with van der Waals surface area (Å²) in [5, 5.41) is 0. The van der Waals surface area contributed by atoms with Crippen molar-refractivity contribution in [3.63, 3.8) is 0 Å². The summed E-state index contributed by atoms with van der Waals surface area (Å²) in [4.78, 5) is 0. The molecule has 116 valence electrons. The first-order valence-electron chi connectivity index (χ1n) is 8.42. The number of nitrogens with one attached hydrogen (secondary N) is 1. The van der Waals surface area contributed by atoms with Gasteiger partial charge in [-0.2, -0.15) is 0 Å². The van der Waals surface area contributed by atoms with E-state index >= 15 is 0 Å². The molecule has 1 atom stereocenters. The molecule has 3 heteroatoms. The largest absolute Gasteiger partial charge is 0.493 e. The van der Waals surface area contributed by atoms with Crippen molar-refractivity contribution in [1.82, 2.24) is 5.43 Å². The standard InChI is InChI=1S/C18H28N2O/c1-18(10-3-2-4-11-18)17(20-19)8-6-14-5-7-16-15(13-14)9-12-21-16/h5,7,13,17,20H,2-4,6,8-12,19H2,1H3. The zero-order valence-electron chi connectivity index (χ0n) is 13.2. The number of benzene rings is 1. The number of rotatable bonds is 5. The van der Waals surface area contributed by atoms with Gasteiger partial charge in [-0.1, -0.05) is 38.3 Å². The second-order valence-electron chi connectivity index (χ2n) is 7.01. The predicted molar refractivity (Wildman–Crippen MR) is 86.3 cm³/mol. The van der Waals surface area contributed by atoms with E-state index in [-0.39, 0.29) is 0 Å². The quantitative estimate of drug-likeness (QED) is 0.645. The van der Waals surface area contributed by atoms with E-state index in [1.807, 2.05) is 0 Å². The molecule has 2 aliphatic rings. The average molecular weight is 288 g/mol. The van der Waals surface area contributed by atoms with Gasteiger partial charge in [-0.3, -0.25) is 11.3 Å². The summed E-state index contributed by atoms with van der Waals surface area (Å²) in [6, 6.07) is 7.08. The molecule has 0 radical (unpaired) electrons. The smallest absolute Gasteiger partial charge is 0.122 e. The monoisotopic (exact) mass is 288 g/mol. The van der Waals surface area contributed by atoms with Crippen LogP contribution in [0.25, 0.3) is 0 Å². The number of aryl methyl sites for hydroxylation is 1. The van der Waals surface area contributed by atoms with Crippen LogP contribution in [0.1, 0.15) is 56.6 Å². The second-order valence-corrected chi connectivity index (χ2v) is 7.01. The maximum atomic E-state index is 5.87. The summed E-state index contributed by atoms with van der Waals surface area (Å²) >= 11 is 0. The number of hydrogen-bond donors (Lipinski definition) is 2. The topological polar surface area (TPSA) is 47.3 Å². The molecule has 3 N–H and O–H groups in total. The molecule has 0 bridgehead atoms. The Hall–Kier alpha value is -1.06. The Labute approximate surface area is 128 Å². The predicted octanol–water partition coefficient (Wildman–Crippen LogP) is 3.36. The van der Waals surface area contributed by atoms with Crippen LogP contribution in [0, 0.1) is 5.41 Å². The van der Waals surface area contributed by atoms with Gasteiger partial charge in [0.1, 0.15) is 5.75 Å². The number of nitrogens with two attached hydrogens (primary N) is 1. The van der Waals surface area contributed by atoms with E-state index < -0.39 is 0 Å². The molecular formula is C18H28N2O. The van der Waals surface area contributed by atoms with Crippen LogP contribution in [0.3, 0.4) is 0 Å². The van der Waals surface area contributed by atoms with Gasteiger partial charge < -0.3 is 4.74 Å². The summed E-state index contributed by atoms with van der Waals surface area (Å²) in [7, 11) is 0. The highest BCUT2D eigenvalue weighted by atomic mass is 16.5. The van der Waals surface area contributed by atoms with Gasteiger partial charge in [0.05, 0.1) is 6.61 Å². The molecule has 1 heterocycles. The Kier molecular flexibility index (Phi) is 4.51. The molecular weight excluding hydrogens is 260 g/mol. The van der Waals surface area contributed by atoms with Gasteiger partial charge in [0.2, 0.25) is 0 Å². The normalized spacial score (nSPS) is 21.6. The fourth-order valence-electron chi connectivity index (χ4n) is 4.05. The third-order valence-corrected chi connectivity index (χ3v) is 5.51. The molecule has 1 aliphatic heterocycles. The van der Waals surface area contributed by atoms with E-state index in [1.165, 1.54) is 43.2 Å². The highest BCUT2D eigenvalue weighted by Gasteiger charge is 2.34. The number of hydrogen-bond acceptors (Lipinski definition) is 3. The van der Waals surface area contributed by atoms with Gasteiger partial charge in [0, 0.05) is 12.5 Å². The molecule has 1 unspecified atom stereocenters. The van der Waals surface area contributed by atoms with Crippen molar-refractivity contribution in [2.75, 3.05) is 6.61 Å². The van der Waals surface area contributed by atoms with Crippen molar-refractivity contribution in [3.05, 3.63) is 29.3 Å². The first-order valence-corrected chi connectivity index (χ1v) is 8.42. The third-order valence-electron chi connectivity index (χ3n) is 5.51. The zero-order chi connectivity index (χ0) is 14.7.